The van der Waals surface area contributed by atoms with Crippen molar-refractivity contribution in [2.45, 2.75) is 182 Å². The van der Waals surface area contributed by atoms with Crippen LogP contribution in [0.15, 0.2) is 30.5 Å². The van der Waals surface area contributed by atoms with Gasteiger partial charge in [-0.25, -0.2) is 9.36 Å². The predicted octanol–water partition coefficient (Wildman–Crippen LogP) is -9.60. The maximum atomic E-state index is 14.5. The highest BCUT2D eigenvalue weighted by Gasteiger charge is 2.45. The van der Waals surface area contributed by atoms with Gasteiger partial charge in [0.1, 0.15) is 60.4 Å². The number of carbonyl (C=O) groups excluding carboxylic acids is 17. The first-order valence-corrected chi connectivity index (χ1v) is 37.6. The normalized spacial score (nSPS) is 19.8. The number of hydrogen-bond donors (Lipinski definition) is 22. The van der Waals surface area contributed by atoms with E-state index in [1.54, 1.807) is 56.1 Å². The van der Waals surface area contributed by atoms with Crippen LogP contribution < -0.4 is 86.3 Å². The minimum Gasteiger partial charge on any atom is -0.394 e. The summed E-state index contributed by atoms with van der Waals surface area (Å²) in [6, 6.07) is -10.5. The van der Waals surface area contributed by atoms with Crippen molar-refractivity contribution in [3.63, 3.8) is 0 Å². The summed E-state index contributed by atoms with van der Waals surface area (Å²) in [6.07, 6.45) is -0.480. The smallest absolute Gasteiger partial charge is 0.394 e. The lowest BCUT2D eigenvalue weighted by molar-refractivity contribution is -0.144. The van der Waals surface area contributed by atoms with Crippen LogP contribution in [0.5, 0.6) is 0 Å². The molecule has 4 aliphatic rings. The molecule has 1 aromatic heterocycles. The molecule has 4 fully saturated rings. The standard InChI is InChI=1S/C64H96N19O24PS/c1-30(2)18-35(55(94)78-41(28-107-108(104,105)106)63(102)83-17-9-13-44(83)60(99)80-52(31(3)86)61(100)71-25-51(92)72-36(56(95)77-39(26-84)54(67)93)19-32-22-68-34-11-5-4-10-33(32)34)74-57(96)37(20-46(65)87)75-58(97)38(21-47(66)88)76-59(98)43-12-8-16-82(43)62(101)40(27-85)73-50(91)24-70-49(90)23-69-48(89)15-7-6-14-45-53-42(29-109-45)79-64(103)81-53/h4-5,10-11,22,30-31,35-45,52-53,68,84-86H,6-9,12-21,23-29H2,1-3H3,(H2,65,87)(H2,66,88)(H2,67,93)(H,69,89)(H,70,90)(H,71,100)(H,72,92)(H,73,91)(H,74,96)(H,75,97)(H,76,98)(H,77,95)(H,78,94)(H,80,99)(H2,79,81,103)(H2,104,105,106)/t31-,35+,36+,37+,38+,39+,40+,41+,42+,43+,44+,45+,52+,53+/m1/s1. The number of hydrogen-bond acceptors (Lipinski definition) is 23. The highest BCUT2D eigenvalue weighted by Crippen LogP contribution is 2.36. The second kappa shape index (κ2) is 41.5. The van der Waals surface area contributed by atoms with Crippen molar-refractivity contribution in [2.24, 2.45) is 23.1 Å². The Labute approximate surface area is 627 Å². The van der Waals surface area contributed by atoms with Crippen LogP contribution in [0.4, 0.5) is 4.79 Å². The number of unbranched alkanes of at least 4 members (excludes halogenated alkanes) is 1. The lowest BCUT2D eigenvalue weighted by Gasteiger charge is -2.31. The number of aliphatic hydroxyl groups is 3. The van der Waals surface area contributed by atoms with Crippen LogP contribution in [0.3, 0.4) is 0 Å². The van der Waals surface area contributed by atoms with Gasteiger partial charge in [0.2, 0.25) is 94.5 Å². The first-order valence-electron chi connectivity index (χ1n) is 35.0. The highest BCUT2D eigenvalue weighted by atomic mass is 32.2. The number of phosphoric acid groups is 1. The Bertz CT molecular complexity index is 3750. The topological polar surface area (TPSA) is 674 Å². The van der Waals surface area contributed by atoms with Gasteiger partial charge >= 0.3 is 13.9 Å². The van der Waals surface area contributed by atoms with Crippen LogP contribution in [0.2, 0.25) is 0 Å². The van der Waals surface area contributed by atoms with Crippen molar-refractivity contribution in [1.29, 1.82) is 0 Å². The number of rotatable bonds is 43. The van der Waals surface area contributed by atoms with Gasteiger partial charge in [-0.05, 0) is 69.4 Å². The van der Waals surface area contributed by atoms with E-state index in [9.17, 15) is 111 Å². The third kappa shape index (κ3) is 26.9. The zero-order chi connectivity index (χ0) is 80.6. The number of nitrogens with two attached hydrogens (primary N) is 3. The zero-order valence-corrected chi connectivity index (χ0v) is 61.6. The molecule has 4 aliphatic heterocycles. The second-order valence-electron chi connectivity index (χ2n) is 26.9. The maximum Gasteiger partial charge on any atom is 0.469 e. The second-order valence-corrected chi connectivity index (χ2v) is 29.4. The monoisotopic (exact) mass is 1580 g/mol. The number of carbonyl (C=O) groups is 17. The molecule has 0 spiro atoms. The van der Waals surface area contributed by atoms with Crippen molar-refractivity contribution in [3.05, 3.63) is 36.0 Å². The van der Waals surface area contributed by atoms with Crippen molar-refractivity contribution in [3.8, 4) is 0 Å². The fourth-order valence-electron chi connectivity index (χ4n) is 12.6. The molecule has 5 heterocycles. The average Bonchev–Trinajstić information content (AvgIpc) is 1.67. The molecule has 0 unspecified atom stereocenters. The number of benzene rings is 1. The van der Waals surface area contributed by atoms with Gasteiger partial charge in [-0.2, -0.15) is 11.8 Å². The number of fused-ring (bicyclic) bond motifs is 2. The molecule has 25 N–H and O–H groups in total. The van der Waals surface area contributed by atoms with E-state index >= 15 is 0 Å². The van der Waals surface area contributed by atoms with E-state index in [0.717, 1.165) is 28.9 Å². The summed E-state index contributed by atoms with van der Waals surface area (Å²) in [4.78, 5) is 250. The molecule has 602 valence electrons. The number of likely N-dealkylation sites (tertiary alicyclic amines) is 2. The van der Waals surface area contributed by atoms with E-state index in [1.807, 2.05) is 0 Å². The summed E-state index contributed by atoms with van der Waals surface area (Å²) in [5.74, 6) is -16.7. The minimum atomic E-state index is -5.47. The number of nitrogens with one attached hydrogen (secondary N) is 14. The van der Waals surface area contributed by atoms with Gasteiger partial charge in [-0.3, -0.25) is 81.2 Å². The van der Waals surface area contributed by atoms with Crippen molar-refractivity contribution < 1.29 is 116 Å². The van der Waals surface area contributed by atoms with Crippen molar-refractivity contribution in [2.75, 3.05) is 58.3 Å². The third-order valence-electron chi connectivity index (χ3n) is 18.0. The average molecular weight is 1580 g/mol. The Morgan fingerprint density at radius 3 is 1.72 bits per heavy atom. The van der Waals surface area contributed by atoms with Gasteiger partial charge < -0.3 is 126 Å². The Morgan fingerprint density at radius 2 is 1.14 bits per heavy atom. The summed E-state index contributed by atoms with van der Waals surface area (Å²) >= 11 is 1.74. The number of aliphatic hydroxyl groups excluding tert-OH is 3. The molecule has 45 heteroatoms. The van der Waals surface area contributed by atoms with Crippen LogP contribution in [0.1, 0.15) is 97.0 Å². The van der Waals surface area contributed by atoms with Gasteiger partial charge in [0, 0.05) is 54.0 Å². The van der Waals surface area contributed by atoms with Crippen molar-refractivity contribution >= 4 is 131 Å². The summed E-state index contributed by atoms with van der Waals surface area (Å²) in [7, 11) is -5.47. The fourth-order valence-corrected chi connectivity index (χ4v) is 14.4. The molecule has 43 nitrogen and oxygen atoms in total. The van der Waals surface area contributed by atoms with Crippen molar-refractivity contribution in [1.82, 2.24) is 83.9 Å². The molecule has 2 aromatic rings. The Morgan fingerprint density at radius 1 is 0.615 bits per heavy atom. The van der Waals surface area contributed by atoms with E-state index in [1.165, 1.54) is 0 Å². The SMILES string of the molecule is CC(C)C[C@H](NC(=O)[C@H](CC(N)=O)NC(=O)[C@H](CC(N)=O)NC(=O)[C@@H]1CCCN1C(=O)[C@H](CO)NC(=O)CNC(=O)CNC(=O)CCCC[C@@H]1SC[C@@H]2NC(=O)N[C@@H]21)C(=O)N[C@@H](COP(=O)(O)O)C(=O)N1CCC[C@H]1C(=O)N[C@H](C(=O)NCC(=O)N[C@@H](Cc1c[nH]c2ccccc12)C(=O)N[C@@H](CO)C(N)=O)[C@@H](C)O. The van der Waals surface area contributed by atoms with Gasteiger partial charge in [-0.1, -0.05) is 38.5 Å². The van der Waals surface area contributed by atoms with Crippen LogP contribution >= 0.6 is 19.6 Å². The Balaban J connectivity index is 1.04. The van der Waals surface area contributed by atoms with E-state index in [0.29, 0.717) is 29.3 Å². The summed E-state index contributed by atoms with van der Waals surface area (Å²) in [5.41, 5.74) is 17.5. The number of aromatic amines is 1. The van der Waals surface area contributed by atoms with Gasteiger partial charge in [-0.15, -0.1) is 0 Å². The first-order chi connectivity index (χ1) is 51.5. The van der Waals surface area contributed by atoms with E-state index < -0.39 is 227 Å². The molecule has 0 radical (unpaired) electrons. The lowest BCUT2D eigenvalue weighted by Crippen LogP contribution is -2.61. The minimum absolute atomic E-state index is 0.0183. The molecule has 18 amide bonds. The zero-order valence-electron chi connectivity index (χ0n) is 59.9. The number of thioether (sulfide) groups is 1. The van der Waals surface area contributed by atoms with Crippen LogP contribution in [-0.4, -0.2) is 283 Å². The largest absolute Gasteiger partial charge is 0.469 e. The molecule has 109 heavy (non-hydrogen) atoms. The Hall–Kier alpha value is -10.1. The van der Waals surface area contributed by atoms with Gasteiger partial charge in [0.15, 0.2) is 0 Å². The maximum absolute atomic E-state index is 14.5. The lowest BCUT2D eigenvalue weighted by atomic mass is 10.0. The number of nitrogens with zero attached hydrogens (tertiary/aromatic N) is 2. The quantitative estimate of drug-likeness (QED) is 0.0167. The predicted molar refractivity (Wildman–Crippen MR) is 380 cm³/mol. The number of aromatic nitrogens is 1. The molecular formula is C64H96N19O24PS. The molecular weight excluding hydrogens is 1480 g/mol. The van der Waals surface area contributed by atoms with E-state index in [-0.39, 0.29) is 81.4 Å². The summed E-state index contributed by atoms with van der Waals surface area (Å²) < 4.78 is 16.7. The van der Waals surface area contributed by atoms with Gasteiger partial charge in [0.25, 0.3) is 0 Å². The Kier molecular flexibility index (Phi) is 33.4. The molecule has 0 bridgehead atoms. The van der Waals surface area contributed by atoms with E-state index in [4.69, 9.17) is 17.2 Å². The molecule has 14 atom stereocenters. The first kappa shape index (κ1) is 87.8. The number of urea groups is 1. The fraction of sp³-hybridized carbons (Fsp3) is 0.609. The van der Waals surface area contributed by atoms with Crippen LogP contribution in [-0.2, 0) is 92.2 Å². The third-order valence-corrected chi connectivity index (χ3v) is 20.0. The number of primary amides is 3. The highest BCUT2D eigenvalue weighted by molar-refractivity contribution is 8.00. The number of para-hydroxylation sites is 1. The molecule has 1 aromatic carbocycles. The summed E-state index contributed by atoms with van der Waals surface area (Å²) in [5, 5.41) is 62.5. The molecule has 4 saturated heterocycles. The number of phosphoric ester groups is 1. The van der Waals surface area contributed by atoms with Crippen LogP contribution in [0.25, 0.3) is 10.9 Å². The molecule has 0 saturated carbocycles. The summed E-state index contributed by atoms with van der Waals surface area (Å²) in [6.45, 7) is -1.39. The number of H-pyrrole nitrogens is 1. The molecule has 0 aliphatic carbocycles. The van der Waals surface area contributed by atoms with E-state index in [2.05, 4.69) is 78.6 Å². The van der Waals surface area contributed by atoms with Gasteiger partial charge in [0.05, 0.1) is 70.5 Å². The molecule has 6 rings (SSSR count). The number of amides is 18. The van der Waals surface area contributed by atoms with Crippen LogP contribution in [0, 0.1) is 5.92 Å².